The molecule has 0 aromatic rings. The van der Waals surface area contributed by atoms with Gasteiger partial charge in [-0.3, -0.25) is 10.1 Å². The minimum Gasteiger partial charge on any atom is -0.465 e. The molecule has 19 heavy (non-hydrogen) atoms. The summed E-state index contributed by atoms with van der Waals surface area (Å²) in [5, 5.41) is 3.47. The van der Waals surface area contributed by atoms with Crippen molar-refractivity contribution in [3.05, 3.63) is 0 Å². The summed E-state index contributed by atoms with van der Waals surface area (Å²) in [5.74, 6) is 2.86. The smallest absolute Gasteiger partial charge is 0.326 e. The van der Waals surface area contributed by atoms with E-state index in [1.165, 1.54) is 25.0 Å². The normalized spacial score (nSPS) is 19.8. The number of nitrogens with one attached hydrogen (secondary N) is 1. The maximum atomic E-state index is 12.1. The minimum absolute atomic E-state index is 0.0916. The molecule has 2 atom stereocenters. The lowest BCUT2D eigenvalue weighted by molar-refractivity contribution is -0.150. The highest BCUT2D eigenvalue weighted by Gasteiger charge is 2.39. The van der Waals surface area contributed by atoms with E-state index in [1.807, 2.05) is 25.6 Å². The number of esters is 1. The van der Waals surface area contributed by atoms with E-state index in [2.05, 4.69) is 19.2 Å². The average Bonchev–Trinajstić information content (AvgIpc) is 3.18. The van der Waals surface area contributed by atoms with Crippen LogP contribution in [0.25, 0.3) is 0 Å². The number of ether oxygens (including phenoxy) is 1. The van der Waals surface area contributed by atoms with Crippen molar-refractivity contribution in [3.63, 3.8) is 0 Å². The molecule has 1 fully saturated rings. The number of carbonyl (C=O) groups is 1. The lowest BCUT2D eigenvalue weighted by atomic mass is 9.99. The molecule has 3 nitrogen and oxygen atoms in total. The van der Waals surface area contributed by atoms with Crippen LogP contribution in [0.2, 0.25) is 0 Å². The molecule has 0 aliphatic heterocycles. The molecule has 0 spiro atoms. The molecule has 0 radical (unpaired) electrons. The highest BCUT2D eigenvalue weighted by molar-refractivity contribution is 7.99. The third-order valence-corrected chi connectivity index (χ3v) is 4.97. The van der Waals surface area contributed by atoms with Crippen LogP contribution in [0.3, 0.4) is 0 Å². The lowest BCUT2D eigenvalue weighted by Crippen LogP contribution is -2.52. The van der Waals surface area contributed by atoms with E-state index in [9.17, 15) is 4.79 Å². The number of carbonyl (C=O) groups excluding carboxylic acids is 1. The van der Waals surface area contributed by atoms with Crippen LogP contribution in [0.15, 0.2) is 0 Å². The molecule has 0 amide bonds. The van der Waals surface area contributed by atoms with Gasteiger partial charge in [0.25, 0.3) is 0 Å². The van der Waals surface area contributed by atoms with E-state index in [1.54, 1.807) is 0 Å². The Morgan fingerprint density at radius 2 is 2.16 bits per heavy atom. The van der Waals surface area contributed by atoms with Gasteiger partial charge in [-0.1, -0.05) is 20.3 Å². The molecule has 2 unspecified atom stereocenters. The Kier molecular flexibility index (Phi) is 7.22. The second-order valence-corrected chi connectivity index (χ2v) is 6.96. The van der Waals surface area contributed by atoms with Gasteiger partial charge < -0.3 is 4.74 Å². The minimum atomic E-state index is -0.500. The van der Waals surface area contributed by atoms with E-state index in [0.717, 1.165) is 18.1 Å². The zero-order chi connectivity index (χ0) is 14.3. The van der Waals surface area contributed by atoms with Crippen LogP contribution in [0.4, 0.5) is 0 Å². The average molecular weight is 287 g/mol. The fraction of sp³-hybridized carbons (Fsp3) is 0.933. The number of thioether (sulfide) groups is 1. The first kappa shape index (κ1) is 16.8. The zero-order valence-corrected chi connectivity index (χ0v) is 13.6. The molecule has 1 aliphatic rings. The topological polar surface area (TPSA) is 38.3 Å². The molecule has 1 aliphatic carbocycles. The summed E-state index contributed by atoms with van der Waals surface area (Å²) in [6, 6.07) is 0.522. The zero-order valence-electron chi connectivity index (χ0n) is 12.8. The summed E-state index contributed by atoms with van der Waals surface area (Å²) in [5.41, 5.74) is -0.500. The Hall–Kier alpha value is -0.220. The highest BCUT2D eigenvalue weighted by Crippen LogP contribution is 2.26. The first-order valence-corrected chi connectivity index (χ1v) is 8.70. The highest BCUT2D eigenvalue weighted by atomic mass is 32.2. The Balaban J connectivity index is 2.37. The summed E-state index contributed by atoms with van der Waals surface area (Å²) >= 11 is 1.95. The van der Waals surface area contributed by atoms with Gasteiger partial charge >= 0.3 is 5.97 Å². The number of rotatable bonds is 10. The molecule has 0 aromatic carbocycles. The molecule has 0 bridgehead atoms. The Bertz CT molecular complexity index is 281. The monoisotopic (exact) mass is 287 g/mol. The summed E-state index contributed by atoms with van der Waals surface area (Å²) in [6.45, 7) is 8.82. The Morgan fingerprint density at radius 3 is 2.68 bits per heavy atom. The molecule has 1 saturated carbocycles. The van der Waals surface area contributed by atoms with E-state index in [4.69, 9.17) is 4.74 Å². The summed E-state index contributed by atoms with van der Waals surface area (Å²) in [4.78, 5) is 12.1. The van der Waals surface area contributed by atoms with Crippen LogP contribution < -0.4 is 5.32 Å². The first-order chi connectivity index (χ1) is 9.01. The van der Waals surface area contributed by atoms with E-state index in [0.29, 0.717) is 12.6 Å². The van der Waals surface area contributed by atoms with Crippen LogP contribution >= 0.6 is 11.8 Å². The van der Waals surface area contributed by atoms with Gasteiger partial charge in [-0.15, -0.1) is 0 Å². The SMILES string of the molecule is CCOC(=O)C(C)(CCSCC(C)CC)NC1CC1. The standard InChI is InChI=1S/C15H29NO2S/c1-5-12(3)11-19-10-9-15(4,14(17)18-6-2)16-13-7-8-13/h12-13,16H,5-11H2,1-4H3. The maximum absolute atomic E-state index is 12.1. The van der Waals surface area contributed by atoms with Gasteiger partial charge in [0.15, 0.2) is 0 Å². The molecule has 4 heteroatoms. The van der Waals surface area contributed by atoms with Gasteiger partial charge in [-0.05, 0) is 50.5 Å². The maximum Gasteiger partial charge on any atom is 0.326 e. The number of hydrogen-bond donors (Lipinski definition) is 1. The first-order valence-electron chi connectivity index (χ1n) is 7.54. The van der Waals surface area contributed by atoms with Crippen molar-refractivity contribution in [1.29, 1.82) is 0 Å². The summed E-state index contributed by atoms with van der Waals surface area (Å²) in [7, 11) is 0. The molecule has 1 N–H and O–H groups in total. The largest absolute Gasteiger partial charge is 0.465 e. The van der Waals surface area contributed by atoms with Crippen LogP contribution in [-0.2, 0) is 9.53 Å². The molecule has 0 saturated heterocycles. The van der Waals surface area contributed by atoms with Crippen molar-refractivity contribution in [2.45, 2.75) is 65.0 Å². The van der Waals surface area contributed by atoms with E-state index in [-0.39, 0.29) is 5.97 Å². The van der Waals surface area contributed by atoms with Crippen LogP contribution in [0, 0.1) is 5.92 Å². The van der Waals surface area contributed by atoms with Crippen molar-refractivity contribution in [1.82, 2.24) is 5.32 Å². The molecule has 1 rings (SSSR count). The predicted molar refractivity (Wildman–Crippen MR) is 82.6 cm³/mol. The summed E-state index contributed by atoms with van der Waals surface area (Å²) < 4.78 is 5.22. The molecule has 0 heterocycles. The second kappa shape index (κ2) is 8.15. The van der Waals surface area contributed by atoms with Crippen molar-refractivity contribution >= 4 is 17.7 Å². The molecular formula is C15H29NO2S. The van der Waals surface area contributed by atoms with Crippen molar-refractivity contribution in [3.8, 4) is 0 Å². The van der Waals surface area contributed by atoms with Crippen molar-refractivity contribution in [2.75, 3.05) is 18.1 Å². The Morgan fingerprint density at radius 1 is 1.47 bits per heavy atom. The summed E-state index contributed by atoms with van der Waals surface area (Å²) in [6.07, 6.45) is 4.45. The van der Waals surface area contributed by atoms with Crippen molar-refractivity contribution < 1.29 is 9.53 Å². The molecule has 0 aromatic heterocycles. The van der Waals surface area contributed by atoms with Crippen molar-refractivity contribution in [2.24, 2.45) is 5.92 Å². The second-order valence-electron chi connectivity index (χ2n) is 5.81. The fourth-order valence-electron chi connectivity index (χ4n) is 1.88. The van der Waals surface area contributed by atoms with Gasteiger partial charge in [0.2, 0.25) is 0 Å². The van der Waals surface area contributed by atoms with E-state index >= 15 is 0 Å². The van der Waals surface area contributed by atoms with Crippen LogP contribution in [0.5, 0.6) is 0 Å². The van der Waals surface area contributed by atoms with Gasteiger partial charge in [-0.25, -0.2) is 0 Å². The lowest BCUT2D eigenvalue weighted by Gasteiger charge is -2.28. The van der Waals surface area contributed by atoms with Crippen LogP contribution in [-0.4, -0.2) is 35.7 Å². The van der Waals surface area contributed by atoms with Gasteiger partial charge in [0.1, 0.15) is 5.54 Å². The van der Waals surface area contributed by atoms with Gasteiger partial charge in [0, 0.05) is 6.04 Å². The fourth-order valence-corrected chi connectivity index (χ4v) is 3.24. The quantitative estimate of drug-likeness (QED) is 0.494. The van der Waals surface area contributed by atoms with Gasteiger partial charge in [0.05, 0.1) is 6.61 Å². The predicted octanol–water partition coefficient (Wildman–Crippen LogP) is 3.23. The van der Waals surface area contributed by atoms with Gasteiger partial charge in [-0.2, -0.15) is 11.8 Å². The molecule has 112 valence electrons. The number of hydrogen-bond acceptors (Lipinski definition) is 4. The van der Waals surface area contributed by atoms with E-state index < -0.39 is 5.54 Å². The van der Waals surface area contributed by atoms with Crippen LogP contribution in [0.1, 0.15) is 53.4 Å². The Labute approximate surface area is 122 Å². The molecular weight excluding hydrogens is 258 g/mol. The third kappa shape index (κ3) is 6.17. The third-order valence-electron chi connectivity index (χ3n) is 3.67.